The van der Waals surface area contributed by atoms with Gasteiger partial charge >= 0.3 is 0 Å². The zero-order chi connectivity index (χ0) is 23.0. The van der Waals surface area contributed by atoms with Crippen LogP contribution in [0, 0.1) is 0 Å². The van der Waals surface area contributed by atoms with E-state index in [2.05, 4.69) is 10.0 Å². The molecule has 0 aliphatic rings. The van der Waals surface area contributed by atoms with Gasteiger partial charge in [0.2, 0.25) is 10.0 Å². The highest BCUT2D eigenvalue weighted by Gasteiger charge is 2.21. The van der Waals surface area contributed by atoms with Crippen LogP contribution in [-0.2, 0) is 23.0 Å². The maximum absolute atomic E-state index is 12.9. The molecule has 0 aliphatic carbocycles. The summed E-state index contributed by atoms with van der Waals surface area (Å²) in [5.74, 6) is 0.512. The molecule has 0 atom stereocenters. The van der Waals surface area contributed by atoms with Gasteiger partial charge in [0.05, 0.1) is 14.2 Å². The highest BCUT2D eigenvalue weighted by molar-refractivity contribution is 7.89. The molecule has 8 heteroatoms. The van der Waals surface area contributed by atoms with Gasteiger partial charge in [-0.05, 0) is 47.9 Å². The number of carbonyl (C=O) groups excluding carboxylic acids is 1. The molecule has 0 saturated carbocycles. The van der Waals surface area contributed by atoms with E-state index in [1.165, 1.54) is 25.3 Å². The van der Waals surface area contributed by atoms with Crippen LogP contribution in [0.2, 0.25) is 0 Å². The minimum absolute atomic E-state index is 0.0786. The molecular weight excluding hydrogens is 428 g/mol. The summed E-state index contributed by atoms with van der Waals surface area (Å²) >= 11 is 0. The Hall–Kier alpha value is -3.36. The molecule has 3 aromatic rings. The van der Waals surface area contributed by atoms with Crippen molar-refractivity contribution in [3.63, 3.8) is 0 Å². The molecule has 0 spiro atoms. The van der Waals surface area contributed by atoms with Crippen LogP contribution < -0.4 is 19.5 Å². The van der Waals surface area contributed by atoms with Gasteiger partial charge in [-0.1, -0.05) is 42.5 Å². The van der Waals surface area contributed by atoms with E-state index < -0.39 is 10.0 Å². The van der Waals surface area contributed by atoms with Crippen LogP contribution in [0.25, 0.3) is 0 Å². The Bertz CT molecular complexity index is 1150. The number of ether oxygens (including phenoxy) is 2. The maximum atomic E-state index is 12.9. The number of hydrogen-bond acceptors (Lipinski definition) is 5. The minimum Gasteiger partial charge on any atom is -0.497 e. The first-order chi connectivity index (χ1) is 15.4. The fourth-order valence-electron chi connectivity index (χ4n) is 3.11. The van der Waals surface area contributed by atoms with Crippen molar-refractivity contribution in [2.75, 3.05) is 20.8 Å². The molecule has 168 valence electrons. The third-order valence-electron chi connectivity index (χ3n) is 4.88. The summed E-state index contributed by atoms with van der Waals surface area (Å²) in [7, 11) is -0.896. The van der Waals surface area contributed by atoms with Crippen LogP contribution in [0.5, 0.6) is 11.5 Å². The Labute approximate surface area is 188 Å². The topological polar surface area (TPSA) is 93.7 Å². The first-order valence-electron chi connectivity index (χ1n) is 10.1. The molecule has 0 saturated heterocycles. The summed E-state index contributed by atoms with van der Waals surface area (Å²) in [4.78, 5) is 12.5. The van der Waals surface area contributed by atoms with E-state index in [1.54, 1.807) is 19.2 Å². The number of hydrogen-bond donors (Lipinski definition) is 2. The molecule has 32 heavy (non-hydrogen) atoms. The van der Waals surface area contributed by atoms with E-state index in [1.807, 2.05) is 42.5 Å². The van der Waals surface area contributed by atoms with Crippen LogP contribution in [0.15, 0.2) is 77.7 Å². The van der Waals surface area contributed by atoms with Crippen molar-refractivity contribution in [3.05, 3.63) is 89.5 Å². The highest BCUT2D eigenvalue weighted by atomic mass is 32.2. The van der Waals surface area contributed by atoms with E-state index in [4.69, 9.17) is 9.47 Å². The number of benzene rings is 3. The molecule has 0 aromatic heterocycles. The molecular formula is C24H26N2O5S. The Balaban J connectivity index is 1.69. The second-order valence-electron chi connectivity index (χ2n) is 7.03. The molecule has 0 unspecified atom stereocenters. The third-order valence-corrected chi connectivity index (χ3v) is 6.36. The van der Waals surface area contributed by atoms with Gasteiger partial charge < -0.3 is 14.8 Å². The lowest BCUT2D eigenvalue weighted by Crippen LogP contribution is -2.27. The second-order valence-corrected chi connectivity index (χ2v) is 8.77. The molecule has 0 heterocycles. The number of sulfonamides is 1. The van der Waals surface area contributed by atoms with Gasteiger partial charge in [-0.3, -0.25) is 4.79 Å². The molecule has 3 rings (SSSR count). The molecule has 2 N–H and O–H groups in total. The summed E-state index contributed by atoms with van der Waals surface area (Å²) in [6.07, 6.45) is 0.546. The molecule has 0 fully saturated rings. The maximum Gasteiger partial charge on any atom is 0.251 e. The number of methoxy groups -OCH3 is 2. The predicted octanol–water partition coefficient (Wildman–Crippen LogP) is 3.15. The Morgan fingerprint density at radius 3 is 2.25 bits per heavy atom. The monoisotopic (exact) mass is 454 g/mol. The van der Waals surface area contributed by atoms with Crippen molar-refractivity contribution >= 4 is 15.9 Å². The molecule has 0 aliphatic heterocycles. The van der Waals surface area contributed by atoms with Crippen molar-refractivity contribution in [2.24, 2.45) is 0 Å². The molecule has 0 bridgehead atoms. The van der Waals surface area contributed by atoms with Gasteiger partial charge in [-0.25, -0.2) is 13.1 Å². The lowest BCUT2D eigenvalue weighted by Gasteiger charge is -2.13. The first kappa shape index (κ1) is 23.3. The zero-order valence-electron chi connectivity index (χ0n) is 18.0. The summed E-state index contributed by atoms with van der Waals surface area (Å²) < 4.78 is 38.7. The van der Waals surface area contributed by atoms with Gasteiger partial charge in [0, 0.05) is 18.7 Å². The largest absolute Gasteiger partial charge is 0.497 e. The number of carbonyl (C=O) groups is 1. The smallest absolute Gasteiger partial charge is 0.251 e. The van der Waals surface area contributed by atoms with Crippen LogP contribution in [0.4, 0.5) is 0 Å². The standard InChI is InChI=1S/C24H26N2O5S/c1-30-21-11-8-19(9-12-21)17-25-24(27)20-10-13-22(31-2)23(16-20)32(28,29)26-15-14-18-6-4-3-5-7-18/h3-13,16,26H,14-15,17H2,1-2H3,(H,25,27). The minimum atomic E-state index is -3.87. The van der Waals surface area contributed by atoms with Gasteiger partial charge in [0.25, 0.3) is 5.91 Å². The van der Waals surface area contributed by atoms with Gasteiger partial charge in [-0.15, -0.1) is 0 Å². The number of nitrogens with one attached hydrogen (secondary N) is 2. The zero-order valence-corrected chi connectivity index (χ0v) is 18.8. The molecule has 3 aromatic carbocycles. The fraction of sp³-hybridized carbons (Fsp3) is 0.208. The average molecular weight is 455 g/mol. The van der Waals surface area contributed by atoms with E-state index in [9.17, 15) is 13.2 Å². The van der Waals surface area contributed by atoms with E-state index in [0.717, 1.165) is 16.9 Å². The lowest BCUT2D eigenvalue weighted by molar-refractivity contribution is 0.0950. The fourth-order valence-corrected chi connectivity index (χ4v) is 4.33. The summed E-state index contributed by atoms with van der Waals surface area (Å²) in [6, 6.07) is 21.2. The summed E-state index contributed by atoms with van der Waals surface area (Å²) in [5.41, 5.74) is 2.14. The predicted molar refractivity (Wildman–Crippen MR) is 122 cm³/mol. The number of amides is 1. The SMILES string of the molecule is COc1ccc(CNC(=O)c2ccc(OC)c(S(=O)(=O)NCCc3ccccc3)c2)cc1. The first-order valence-corrected chi connectivity index (χ1v) is 11.5. The summed E-state index contributed by atoms with van der Waals surface area (Å²) in [6.45, 7) is 0.523. The normalized spacial score (nSPS) is 11.1. The van der Waals surface area contributed by atoms with Crippen molar-refractivity contribution < 1.29 is 22.7 Å². The van der Waals surface area contributed by atoms with Gasteiger partial charge in [-0.2, -0.15) is 0 Å². The van der Waals surface area contributed by atoms with E-state index >= 15 is 0 Å². The molecule has 1 amide bonds. The average Bonchev–Trinajstić information content (AvgIpc) is 2.83. The summed E-state index contributed by atoms with van der Waals surface area (Å²) in [5, 5.41) is 2.80. The quantitative estimate of drug-likeness (QED) is 0.491. The van der Waals surface area contributed by atoms with E-state index in [0.29, 0.717) is 13.0 Å². The Kier molecular flexibility index (Phi) is 7.86. The van der Waals surface area contributed by atoms with Crippen molar-refractivity contribution in [1.29, 1.82) is 0 Å². The number of rotatable bonds is 10. The van der Waals surface area contributed by atoms with E-state index in [-0.39, 0.29) is 28.7 Å². The molecule has 0 radical (unpaired) electrons. The second kappa shape index (κ2) is 10.8. The molecule has 7 nitrogen and oxygen atoms in total. The Morgan fingerprint density at radius 1 is 0.875 bits per heavy atom. The van der Waals surface area contributed by atoms with Gasteiger partial charge in [0.15, 0.2) is 0 Å². The Morgan fingerprint density at radius 2 is 1.59 bits per heavy atom. The van der Waals surface area contributed by atoms with Crippen LogP contribution in [-0.4, -0.2) is 35.1 Å². The van der Waals surface area contributed by atoms with Crippen LogP contribution >= 0.6 is 0 Å². The van der Waals surface area contributed by atoms with Crippen LogP contribution in [0.1, 0.15) is 21.5 Å². The van der Waals surface area contributed by atoms with Crippen molar-refractivity contribution in [1.82, 2.24) is 10.0 Å². The lowest BCUT2D eigenvalue weighted by atomic mass is 10.2. The third kappa shape index (κ3) is 6.09. The highest BCUT2D eigenvalue weighted by Crippen LogP contribution is 2.25. The van der Waals surface area contributed by atoms with Gasteiger partial charge in [0.1, 0.15) is 16.4 Å². The van der Waals surface area contributed by atoms with Crippen LogP contribution in [0.3, 0.4) is 0 Å². The van der Waals surface area contributed by atoms with Crippen molar-refractivity contribution in [3.8, 4) is 11.5 Å². The van der Waals surface area contributed by atoms with Crippen molar-refractivity contribution in [2.45, 2.75) is 17.9 Å².